The second-order valence-electron chi connectivity index (χ2n) is 5.59. The van der Waals surface area contributed by atoms with Gasteiger partial charge in [-0.05, 0) is 56.5 Å². The van der Waals surface area contributed by atoms with Gasteiger partial charge in [-0.3, -0.25) is 4.79 Å². The topological polar surface area (TPSA) is 38.3 Å². The molecule has 23 heavy (non-hydrogen) atoms. The molecule has 0 fully saturated rings. The highest BCUT2D eigenvalue weighted by atomic mass is 35.5. The van der Waals surface area contributed by atoms with E-state index in [-0.39, 0.29) is 5.91 Å². The minimum absolute atomic E-state index is 0.0957. The molecule has 0 unspecified atom stereocenters. The predicted molar refractivity (Wildman–Crippen MR) is 94.1 cm³/mol. The standard InChI is InChI=1S/C19H22ClNO2/c1-14-5-11-18(12-6-14)23-15(2)19(22)21-13-3-4-16-7-9-17(20)10-8-16/h5-12,15H,3-4,13H2,1-2H3,(H,21,22)/t15-/m1/s1. The lowest BCUT2D eigenvalue weighted by Gasteiger charge is -2.14. The molecule has 0 saturated heterocycles. The highest BCUT2D eigenvalue weighted by Crippen LogP contribution is 2.13. The van der Waals surface area contributed by atoms with Crippen LogP contribution >= 0.6 is 11.6 Å². The zero-order valence-electron chi connectivity index (χ0n) is 13.5. The number of carbonyl (C=O) groups is 1. The van der Waals surface area contributed by atoms with Crippen LogP contribution in [0.4, 0.5) is 0 Å². The van der Waals surface area contributed by atoms with Crippen LogP contribution in [0.2, 0.25) is 5.02 Å². The van der Waals surface area contributed by atoms with Crippen LogP contribution in [0.25, 0.3) is 0 Å². The fourth-order valence-corrected chi connectivity index (χ4v) is 2.30. The Balaban J connectivity index is 1.69. The van der Waals surface area contributed by atoms with Crippen LogP contribution < -0.4 is 10.1 Å². The van der Waals surface area contributed by atoms with Crippen molar-refractivity contribution < 1.29 is 9.53 Å². The van der Waals surface area contributed by atoms with Crippen LogP contribution in [0.5, 0.6) is 5.75 Å². The fraction of sp³-hybridized carbons (Fsp3) is 0.316. The van der Waals surface area contributed by atoms with Crippen LogP contribution in [0.15, 0.2) is 48.5 Å². The molecule has 3 nitrogen and oxygen atoms in total. The van der Waals surface area contributed by atoms with Crippen molar-refractivity contribution in [3.05, 3.63) is 64.7 Å². The van der Waals surface area contributed by atoms with Crippen molar-refractivity contribution in [1.29, 1.82) is 0 Å². The van der Waals surface area contributed by atoms with Gasteiger partial charge in [0.05, 0.1) is 0 Å². The Morgan fingerprint density at radius 1 is 1.13 bits per heavy atom. The number of hydrogen-bond acceptors (Lipinski definition) is 2. The van der Waals surface area contributed by atoms with E-state index in [2.05, 4.69) is 5.32 Å². The molecule has 0 spiro atoms. The zero-order chi connectivity index (χ0) is 16.7. The summed E-state index contributed by atoms with van der Waals surface area (Å²) in [5, 5.41) is 3.65. The lowest BCUT2D eigenvalue weighted by Crippen LogP contribution is -2.36. The Morgan fingerprint density at radius 3 is 2.43 bits per heavy atom. The second kappa shape index (κ2) is 8.59. The average Bonchev–Trinajstić information content (AvgIpc) is 2.55. The van der Waals surface area contributed by atoms with E-state index in [9.17, 15) is 4.79 Å². The van der Waals surface area contributed by atoms with Gasteiger partial charge in [0.2, 0.25) is 0 Å². The molecule has 0 saturated carbocycles. The normalized spacial score (nSPS) is 11.8. The number of nitrogens with one attached hydrogen (secondary N) is 1. The number of amides is 1. The van der Waals surface area contributed by atoms with E-state index >= 15 is 0 Å². The first kappa shape index (κ1) is 17.4. The second-order valence-corrected chi connectivity index (χ2v) is 6.03. The van der Waals surface area contributed by atoms with Crippen molar-refractivity contribution in [3.63, 3.8) is 0 Å². The Bertz CT molecular complexity index is 623. The first-order valence-electron chi connectivity index (χ1n) is 7.80. The predicted octanol–water partition coefficient (Wildman–Crippen LogP) is 4.16. The minimum Gasteiger partial charge on any atom is -0.481 e. The first-order valence-corrected chi connectivity index (χ1v) is 8.18. The number of carbonyl (C=O) groups excluding carboxylic acids is 1. The average molecular weight is 332 g/mol. The maximum Gasteiger partial charge on any atom is 0.260 e. The van der Waals surface area contributed by atoms with E-state index in [1.807, 2.05) is 55.5 Å². The summed E-state index contributed by atoms with van der Waals surface area (Å²) in [7, 11) is 0. The van der Waals surface area contributed by atoms with Gasteiger partial charge < -0.3 is 10.1 Å². The Labute approximate surface area is 142 Å². The molecule has 2 aromatic carbocycles. The van der Waals surface area contributed by atoms with E-state index in [4.69, 9.17) is 16.3 Å². The molecule has 1 atom stereocenters. The van der Waals surface area contributed by atoms with Crippen molar-refractivity contribution in [3.8, 4) is 5.75 Å². The summed E-state index contributed by atoms with van der Waals surface area (Å²) >= 11 is 5.85. The third kappa shape index (κ3) is 5.95. The molecule has 0 radical (unpaired) electrons. The molecule has 0 aliphatic heterocycles. The van der Waals surface area contributed by atoms with Crippen LogP contribution in [-0.4, -0.2) is 18.6 Å². The molecule has 4 heteroatoms. The number of aryl methyl sites for hydroxylation is 2. The molecule has 0 heterocycles. The largest absolute Gasteiger partial charge is 0.481 e. The lowest BCUT2D eigenvalue weighted by atomic mass is 10.1. The highest BCUT2D eigenvalue weighted by molar-refractivity contribution is 6.30. The summed E-state index contributed by atoms with van der Waals surface area (Å²) in [6, 6.07) is 15.5. The monoisotopic (exact) mass is 331 g/mol. The van der Waals surface area contributed by atoms with Gasteiger partial charge in [0.1, 0.15) is 5.75 Å². The van der Waals surface area contributed by atoms with Gasteiger partial charge in [-0.25, -0.2) is 0 Å². The van der Waals surface area contributed by atoms with Crippen LogP contribution in [-0.2, 0) is 11.2 Å². The molecular formula is C19H22ClNO2. The zero-order valence-corrected chi connectivity index (χ0v) is 14.3. The smallest absolute Gasteiger partial charge is 0.260 e. The molecule has 0 bridgehead atoms. The summed E-state index contributed by atoms with van der Waals surface area (Å²) in [5.41, 5.74) is 2.38. The van der Waals surface area contributed by atoms with Crippen molar-refractivity contribution >= 4 is 17.5 Å². The fourth-order valence-electron chi connectivity index (χ4n) is 2.17. The number of benzene rings is 2. The molecule has 0 aliphatic rings. The Hall–Kier alpha value is -2.00. The molecule has 1 amide bonds. The summed E-state index contributed by atoms with van der Waals surface area (Å²) in [6.07, 6.45) is 1.28. The van der Waals surface area contributed by atoms with Gasteiger partial charge in [0.25, 0.3) is 5.91 Å². The van der Waals surface area contributed by atoms with Gasteiger partial charge in [0.15, 0.2) is 6.10 Å². The summed E-state index contributed by atoms with van der Waals surface area (Å²) < 4.78 is 5.63. The quantitative estimate of drug-likeness (QED) is 0.773. The van der Waals surface area contributed by atoms with E-state index in [1.54, 1.807) is 6.92 Å². The van der Waals surface area contributed by atoms with Gasteiger partial charge in [-0.15, -0.1) is 0 Å². The van der Waals surface area contributed by atoms with Crippen LogP contribution in [0.3, 0.4) is 0 Å². The van der Waals surface area contributed by atoms with Gasteiger partial charge in [-0.2, -0.15) is 0 Å². The molecule has 0 aromatic heterocycles. The number of rotatable bonds is 7. The molecule has 122 valence electrons. The van der Waals surface area contributed by atoms with Crippen molar-refractivity contribution in [2.24, 2.45) is 0 Å². The van der Waals surface area contributed by atoms with Crippen molar-refractivity contribution in [2.75, 3.05) is 6.54 Å². The van der Waals surface area contributed by atoms with Gasteiger partial charge >= 0.3 is 0 Å². The maximum absolute atomic E-state index is 12.0. The minimum atomic E-state index is -0.506. The maximum atomic E-state index is 12.0. The number of ether oxygens (including phenoxy) is 1. The van der Waals surface area contributed by atoms with Crippen LogP contribution in [0.1, 0.15) is 24.5 Å². The van der Waals surface area contributed by atoms with Gasteiger partial charge in [0, 0.05) is 11.6 Å². The number of halogens is 1. The van der Waals surface area contributed by atoms with E-state index in [0.717, 1.165) is 23.4 Å². The van der Waals surface area contributed by atoms with Crippen molar-refractivity contribution in [2.45, 2.75) is 32.8 Å². The molecule has 2 aromatic rings. The molecule has 2 rings (SSSR count). The molecular weight excluding hydrogens is 310 g/mol. The molecule has 0 aliphatic carbocycles. The van der Waals surface area contributed by atoms with E-state index in [1.165, 1.54) is 5.56 Å². The highest BCUT2D eigenvalue weighted by Gasteiger charge is 2.13. The third-order valence-electron chi connectivity index (χ3n) is 3.56. The van der Waals surface area contributed by atoms with Crippen LogP contribution in [0, 0.1) is 6.92 Å². The third-order valence-corrected chi connectivity index (χ3v) is 3.81. The summed E-state index contributed by atoms with van der Waals surface area (Å²) in [5.74, 6) is 0.612. The summed E-state index contributed by atoms with van der Waals surface area (Å²) in [4.78, 5) is 12.0. The SMILES string of the molecule is Cc1ccc(O[C@H](C)C(=O)NCCCc2ccc(Cl)cc2)cc1. The van der Waals surface area contributed by atoms with Crippen molar-refractivity contribution in [1.82, 2.24) is 5.32 Å². The molecule has 1 N–H and O–H groups in total. The van der Waals surface area contributed by atoms with E-state index < -0.39 is 6.10 Å². The summed E-state index contributed by atoms with van der Waals surface area (Å²) in [6.45, 7) is 4.40. The number of hydrogen-bond donors (Lipinski definition) is 1. The first-order chi connectivity index (χ1) is 11.0. The Kier molecular flexibility index (Phi) is 6.48. The van der Waals surface area contributed by atoms with Gasteiger partial charge in [-0.1, -0.05) is 41.4 Å². The van der Waals surface area contributed by atoms with E-state index in [0.29, 0.717) is 12.3 Å². The lowest BCUT2D eigenvalue weighted by molar-refractivity contribution is -0.127. The Morgan fingerprint density at radius 2 is 1.78 bits per heavy atom.